The third-order valence-electron chi connectivity index (χ3n) is 1.99. The van der Waals surface area contributed by atoms with E-state index in [9.17, 15) is 0 Å². The number of rotatable bonds is 4. The Morgan fingerprint density at radius 3 is 3.00 bits per heavy atom. The molecule has 1 saturated carbocycles. The normalized spacial score (nSPS) is 16.8. The van der Waals surface area contributed by atoms with Crippen LogP contribution in [0.2, 0.25) is 0 Å². The SMILES string of the molecule is ClCCc1nc(CC2CC2)no1. The molecule has 66 valence electrons. The molecule has 0 amide bonds. The largest absolute Gasteiger partial charge is 0.339 e. The van der Waals surface area contributed by atoms with Gasteiger partial charge in [-0.25, -0.2) is 0 Å². The van der Waals surface area contributed by atoms with Crippen LogP contribution in [0, 0.1) is 5.92 Å². The van der Waals surface area contributed by atoms with Crippen molar-refractivity contribution in [2.45, 2.75) is 25.7 Å². The molecule has 1 fully saturated rings. The Labute approximate surface area is 76.1 Å². The maximum Gasteiger partial charge on any atom is 0.227 e. The Morgan fingerprint density at radius 2 is 2.33 bits per heavy atom. The van der Waals surface area contributed by atoms with Crippen LogP contribution in [0.3, 0.4) is 0 Å². The first-order chi connectivity index (χ1) is 5.88. The second-order valence-corrected chi connectivity index (χ2v) is 3.57. The molecule has 1 aromatic heterocycles. The monoisotopic (exact) mass is 186 g/mol. The summed E-state index contributed by atoms with van der Waals surface area (Å²) >= 11 is 5.54. The summed E-state index contributed by atoms with van der Waals surface area (Å²) in [5.41, 5.74) is 0. The van der Waals surface area contributed by atoms with E-state index in [2.05, 4.69) is 10.1 Å². The first-order valence-electron chi connectivity index (χ1n) is 4.26. The fourth-order valence-corrected chi connectivity index (χ4v) is 1.30. The average molecular weight is 187 g/mol. The van der Waals surface area contributed by atoms with Crippen LogP contribution < -0.4 is 0 Å². The van der Waals surface area contributed by atoms with Gasteiger partial charge >= 0.3 is 0 Å². The molecule has 12 heavy (non-hydrogen) atoms. The van der Waals surface area contributed by atoms with Gasteiger partial charge < -0.3 is 4.52 Å². The fraction of sp³-hybridized carbons (Fsp3) is 0.750. The Hall–Kier alpha value is -0.570. The van der Waals surface area contributed by atoms with Crippen molar-refractivity contribution < 1.29 is 4.52 Å². The molecule has 3 nitrogen and oxygen atoms in total. The van der Waals surface area contributed by atoms with Gasteiger partial charge in [-0.1, -0.05) is 5.16 Å². The molecule has 1 aliphatic carbocycles. The summed E-state index contributed by atoms with van der Waals surface area (Å²) in [6, 6.07) is 0. The van der Waals surface area contributed by atoms with Crippen LogP contribution in [-0.4, -0.2) is 16.0 Å². The van der Waals surface area contributed by atoms with E-state index < -0.39 is 0 Å². The molecule has 1 aromatic rings. The van der Waals surface area contributed by atoms with Crippen molar-refractivity contribution >= 4 is 11.6 Å². The molecule has 0 bridgehead atoms. The number of halogens is 1. The highest BCUT2D eigenvalue weighted by atomic mass is 35.5. The van der Waals surface area contributed by atoms with Gasteiger partial charge in [0.25, 0.3) is 0 Å². The van der Waals surface area contributed by atoms with Gasteiger partial charge in [-0.3, -0.25) is 0 Å². The third kappa shape index (κ3) is 1.97. The van der Waals surface area contributed by atoms with E-state index in [0.717, 1.165) is 18.2 Å². The minimum absolute atomic E-state index is 0.547. The molecule has 1 heterocycles. The second-order valence-electron chi connectivity index (χ2n) is 3.19. The lowest BCUT2D eigenvalue weighted by atomic mass is 10.3. The van der Waals surface area contributed by atoms with Gasteiger partial charge in [0.1, 0.15) is 0 Å². The molecule has 0 spiro atoms. The summed E-state index contributed by atoms with van der Waals surface area (Å²) in [7, 11) is 0. The van der Waals surface area contributed by atoms with E-state index in [4.69, 9.17) is 16.1 Å². The summed E-state index contributed by atoms with van der Waals surface area (Å²) in [6.45, 7) is 0. The molecule has 2 rings (SSSR count). The number of aryl methyl sites for hydroxylation is 1. The summed E-state index contributed by atoms with van der Waals surface area (Å²) in [4.78, 5) is 4.22. The van der Waals surface area contributed by atoms with E-state index >= 15 is 0 Å². The molecular formula is C8H11ClN2O. The van der Waals surface area contributed by atoms with Crippen molar-refractivity contribution in [2.75, 3.05) is 5.88 Å². The Bertz CT molecular complexity index is 257. The Kier molecular flexibility index (Phi) is 2.30. The van der Waals surface area contributed by atoms with Gasteiger partial charge in [0.05, 0.1) is 0 Å². The predicted octanol–water partition coefficient (Wildman–Crippen LogP) is 1.80. The maximum absolute atomic E-state index is 5.54. The van der Waals surface area contributed by atoms with E-state index in [1.807, 2.05) is 0 Å². The fourth-order valence-electron chi connectivity index (χ4n) is 1.14. The highest BCUT2D eigenvalue weighted by Crippen LogP contribution is 2.31. The van der Waals surface area contributed by atoms with Crippen LogP contribution in [0.4, 0.5) is 0 Å². The van der Waals surface area contributed by atoms with Crippen LogP contribution >= 0.6 is 11.6 Å². The maximum atomic E-state index is 5.54. The summed E-state index contributed by atoms with van der Waals surface area (Å²) in [5, 5.41) is 3.87. The minimum atomic E-state index is 0.547. The van der Waals surface area contributed by atoms with Crippen molar-refractivity contribution in [3.63, 3.8) is 0 Å². The molecule has 0 N–H and O–H groups in total. The van der Waals surface area contributed by atoms with Crippen molar-refractivity contribution in [1.82, 2.24) is 10.1 Å². The van der Waals surface area contributed by atoms with E-state index in [-0.39, 0.29) is 0 Å². The zero-order valence-electron chi connectivity index (χ0n) is 6.79. The second kappa shape index (κ2) is 3.44. The highest BCUT2D eigenvalue weighted by molar-refractivity contribution is 6.17. The lowest BCUT2D eigenvalue weighted by Crippen LogP contribution is -1.91. The molecule has 0 aromatic carbocycles. The molecular weight excluding hydrogens is 176 g/mol. The number of hydrogen-bond acceptors (Lipinski definition) is 3. The van der Waals surface area contributed by atoms with Crippen molar-refractivity contribution in [3.8, 4) is 0 Å². The lowest BCUT2D eigenvalue weighted by Gasteiger charge is -1.85. The Balaban J connectivity index is 1.92. The first kappa shape index (κ1) is 8.05. The third-order valence-corrected chi connectivity index (χ3v) is 2.18. The molecule has 4 heteroatoms. The summed E-state index contributed by atoms with van der Waals surface area (Å²) in [5.74, 6) is 2.87. The molecule has 0 saturated heterocycles. The highest BCUT2D eigenvalue weighted by Gasteiger charge is 2.23. The van der Waals surface area contributed by atoms with Crippen LogP contribution in [-0.2, 0) is 12.8 Å². The molecule has 0 atom stereocenters. The van der Waals surface area contributed by atoms with Crippen LogP contribution in [0.15, 0.2) is 4.52 Å². The topological polar surface area (TPSA) is 38.9 Å². The number of alkyl halides is 1. The van der Waals surface area contributed by atoms with Crippen LogP contribution in [0.1, 0.15) is 24.6 Å². The first-order valence-corrected chi connectivity index (χ1v) is 4.79. The van der Waals surface area contributed by atoms with Gasteiger partial charge in [-0.2, -0.15) is 4.98 Å². The standard InChI is InChI=1S/C8H11ClN2O/c9-4-3-8-10-7(11-12-8)5-6-1-2-6/h6H,1-5H2. The van der Waals surface area contributed by atoms with Gasteiger partial charge in [0.2, 0.25) is 5.89 Å². The van der Waals surface area contributed by atoms with Crippen molar-refractivity contribution in [3.05, 3.63) is 11.7 Å². The molecule has 1 aliphatic rings. The van der Waals surface area contributed by atoms with Crippen molar-refractivity contribution in [1.29, 1.82) is 0 Å². The summed E-state index contributed by atoms with van der Waals surface area (Å²) < 4.78 is 4.99. The van der Waals surface area contributed by atoms with Crippen LogP contribution in [0.25, 0.3) is 0 Å². The molecule has 0 aliphatic heterocycles. The zero-order valence-corrected chi connectivity index (χ0v) is 7.55. The number of hydrogen-bond donors (Lipinski definition) is 0. The van der Waals surface area contributed by atoms with Gasteiger partial charge in [0.15, 0.2) is 5.82 Å². The van der Waals surface area contributed by atoms with Gasteiger partial charge in [-0.05, 0) is 18.8 Å². The quantitative estimate of drug-likeness (QED) is 0.674. The summed E-state index contributed by atoms with van der Waals surface area (Å²) in [6.07, 6.45) is 4.30. The van der Waals surface area contributed by atoms with Crippen molar-refractivity contribution in [2.24, 2.45) is 5.92 Å². The number of aromatic nitrogens is 2. The predicted molar refractivity (Wildman–Crippen MR) is 45.2 cm³/mol. The lowest BCUT2D eigenvalue weighted by molar-refractivity contribution is 0.376. The Morgan fingerprint density at radius 1 is 1.50 bits per heavy atom. The van der Waals surface area contributed by atoms with E-state index in [1.54, 1.807) is 0 Å². The minimum Gasteiger partial charge on any atom is -0.339 e. The zero-order chi connectivity index (χ0) is 8.39. The van der Waals surface area contributed by atoms with Crippen LogP contribution in [0.5, 0.6) is 0 Å². The molecule has 0 radical (unpaired) electrons. The number of nitrogens with zero attached hydrogens (tertiary/aromatic N) is 2. The van der Waals surface area contributed by atoms with E-state index in [1.165, 1.54) is 12.8 Å². The van der Waals surface area contributed by atoms with Gasteiger partial charge in [0, 0.05) is 18.7 Å². The average Bonchev–Trinajstić information content (AvgIpc) is 2.74. The van der Waals surface area contributed by atoms with E-state index in [0.29, 0.717) is 18.2 Å². The smallest absolute Gasteiger partial charge is 0.227 e. The molecule has 0 unspecified atom stereocenters. The van der Waals surface area contributed by atoms with Gasteiger partial charge in [-0.15, -0.1) is 11.6 Å².